The van der Waals surface area contributed by atoms with Gasteiger partial charge in [-0.15, -0.1) is 0 Å². The second kappa shape index (κ2) is 9.46. The fourth-order valence-electron chi connectivity index (χ4n) is 2.74. The summed E-state index contributed by atoms with van der Waals surface area (Å²) in [4.78, 5) is 14.9. The van der Waals surface area contributed by atoms with Crippen LogP contribution < -0.4 is 15.8 Å². The van der Waals surface area contributed by atoms with Gasteiger partial charge < -0.3 is 15.8 Å². The summed E-state index contributed by atoms with van der Waals surface area (Å²) in [7, 11) is 1.50. The molecular weight excluding hydrogens is 350 g/mol. The normalized spacial score (nSPS) is 10.8. The van der Waals surface area contributed by atoms with Crippen molar-refractivity contribution in [3.8, 4) is 5.75 Å². The lowest BCUT2D eigenvalue weighted by molar-refractivity contribution is 0.0948. The molecule has 6 heteroatoms. The first-order valence-corrected chi connectivity index (χ1v) is 9.07. The van der Waals surface area contributed by atoms with Crippen molar-refractivity contribution < 1.29 is 9.53 Å². The lowest BCUT2D eigenvalue weighted by Crippen LogP contribution is -2.24. The van der Waals surface area contributed by atoms with E-state index in [4.69, 9.17) is 22.1 Å². The second-order valence-electron chi connectivity index (χ2n) is 6.04. The zero-order valence-electron chi connectivity index (χ0n) is 15.5. The Morgan fingerprint density at radius 3 is 2.54 bits per heavy atom. The minimum atomic E-state index is -0.252. The van der Waals surface area contributed by atoms with Gasteiger partial charge in [-0.2, -0.15) is 0 Å². The molecule has 3 N–H and O–H groups in total. The highest BCUT2D eigenvalue weighted by Crippen LogP contribution is 2.28. The highest BCUT2D eigenvalue weighted by molar-refractivity contribution is 6.33. The lowest BCUT2D eigenvalue weighted by Gasteiger charge is -2.18. The third-order valence-corrected chi connectivity index (χ3v) is 4.64. The summed E-state index contributed by atoms with van der Waals surface area (Å²) in [6.07, 6.45) is 0. The van der Waals surface area contributed by atoms with Crippen molar-refractivity contribution in [2.75, 3.05) is 25.9 Å². The number of benzene rings is 2. The van der Waals surface area contributed by atoms with Crippen LogP contribution in [0.4, 0.5) is 5.69 Å². The monoisotopic (exact) mass is 375 g/mol. The summed E-state index contributed by atoms with van der Waals surface area (Å²) in [5.41, 5.74) is 8.78. The van der Waals surface area contributed by atoms with Crippen LogP contribution in [0, 0.1) is 0 Å². The number of nitrogens with zero attached hydrogens (tertiary/aromatic N) is 1. The van der Waals surface area contributed by atoms with E-state index in [9.17, 15) is 4.79 Å². The van der Waals surface area contributed by atoms with Gasteiger partial charge in [-0.1, -0.05) is 49.7 Å². The number of nitrogens with two attached hydrogens (primary N) is 1. The zero-order valence-corrected chi connectivity index (χ0v) is 16.3. The number of ether oxygens (including phenoxy) is 1. The molecule has 0 aromatic heterocycles. The van der Waals surface area contributed by atoms with Crippen LogP contribution in [0.5, 0.6) is 5.75 Å². The smallest absolute Gasteiger partial charge is 0.255 e. The summed E-state index contributed by atoms with van der Waals surface area (Å²) in [5, 5.41) is 3.24. The van der Waals surface area contributed by atoms with Gasteiger partial charge in [0.15, 0.2) is 0 Å². The average molecular weight is 376 g/mol. The third kappa shape index (κ3) is 5.13. The number of nitrogen functional groups attached to an aromatic ring is 1. The average Bonchev–Trinajstić information content (AvgIpc) is 2.66. The Morgan fingerprint density at radius 2 is 1.88 bits per heavy atom. The van der Waals surface area contributed by atoms with Crippen molar-refractivity contribution in [1.82, 2.24) is 10.2 Å². The maximum absolute atomic E-state index is 12.5. The predicted octanol–water partition coefficient (Wildman–Crippen LogP) is 3.70. The number of anilines is 1. The Kier molecular flexibility index (Phi) is 7.30. The quantitative estimate of drug-likeness (QED) is 0.690. The Bertz CT molecular complexity index is 761. The van der Waals surface area contributed by atoms with E-state index < -0.39 is 0 Å². The van der Waals surface area contributed by atoms with Gasteiger partial charge in [0, 0.05) is 19.2 Å². The van der Waals surface area contributed by atoms with Crippen LogP contribution in [-0.4, -0.2) is 31.0 Å². The highest BCUT2D eigenvalue weighted by Gasteiger charge is 2.15. The number of hydrogen-bond donors (Lipinski definition) is 2. The summed E-state index contributed by atoms with van der Waals surface area (Å²) in [6.45, 7) is 7.65. The summed E-state index contributed by atoms with van der Waals surface area (Å²) < 4.78 is 5.24. The number of rotatable bonds is 8. The molecule has 2 aromatic rings. The second-order valence-corrected chi connectivity index (χ2v) is 6.45. The number of methoxy groups -OCH3 is 1. The minimum absolute atomic E-state index is 0.252. The molecule has 0 aliphatic carbocycles. The van der Waals surface area contributed by atoms with E-state index in [-0.39, 0.29) is 5.91 Å². The molecule has 0 fully saturated rings. The summed E-state index contributed by atoms with van der Waals surface area (Å²) in [5.74, 6) is 0.151. The molecule has 5 nitrogen and oxygen atoms in total. The number of hydrogen-bond acceptors (Lipinski definition) is 4. The zero-order chi connectivity index (χ0) is 19.1. The van der Waals surface area contributed by atoms with Crippen LogP contribution in [0.1, 0.15) is 35.3 Å². The third-order valence-electron chi connectivity index (χ3n) is 4.31. The number of carbonyl (C=O) groups is 1. The largest absolute Gasteiger partial charge is 0.496 e. The molecule has 0 heterocycles. The van der Waals surface area contributed by atoms with E-state index in [0.29, 0.717) is 28.6 Å². The van der Waals surface area contributed by atoms with Crippen LogP contribution in [0.15, 0.2) is 36.4 Å². The van der Waals surface area contributed by atoms with Gasteiger partial charge in [-0.25, -0.2) is 0 Å². The molecule has 0 radical (unpaired) electrons. The molecule has 0 spiro atoms. The highest BCUT2D eigenvalue weighted by atomic mass is 35.5. The predicted molar refractivity (Wildman–Crippen MR) is 107 cm³/mol. The molecule has 2 rings (SSSR count). The van der Waals surface area contributed by atoms with Crippen molar-refractivity contribution in [2.45, 2.75) is 26.9 Å². The van der Waals surface area contributed by atoms with Crippen molar-refractivity contribution in [3.63, 3.8) is 0 Å². The van der Waals surface area contributed by atoms with Crippen LogP contribution in [-0.2, 0) is 13.1 Å². The van der Waals surface area contributed by atoms with Gasteiger partial charge in [-0.05, 0) is 30.3 Å². The van der Waals surface area contributed by atoms with Gasteiger partial charge in [0.1, 0.15) is 5.75 Å². The number of amides is 1. The molecule has 0 bridgehead atoms. The molecule has 0 unspecified atom stereocenters. The van der Waals surface area contributed by atoms with E-state index in [1.807, 2.05) is 12.1 Å². The maximum atomic E-state index is 12.5. The first kappa shape index (κ1) is 20.1. The van der Waals surface area contributed by atoms with Gasteiger partial charge in [-0.3, -0.25) is 9.69 Å². The molecule has 26 heavy (non-hydrogen) atoms. The fourth-order valence-corrected chi connectivity index (χ4v) is 2.90. The van der Waals surface area contributed by atoms with Crippen molar-refractivity contribution >= 4 is 23.2 Å². The molecule has 0 aliphatic rings. The first-order chi connectivity index (χ1) is 12.5. The molecular formula is C20H26ClN3O2. The fraction of sp³-hybridized carbons (Fsp3) is 0.350. The lowest BCUT2D eigenvalue weighted by atomic mass is 10.1. The molecule has 1 amide bonds. The maximum Gasteiger partial charge on any atom is 0.255 e. The minimum Gasteiger partial charge on any atom is -0.496 e. The van der Waals surface area contributed by atoms with Crippen LogP contribution in [0.3, 0.4) is 0 Å². The molecule has 2 aromatic carbocycles. The number of carbonyl (C=O) groups excluding carboxylic acids is 1. The van der Waals surface area contributed by atoms with E-state index in [0.717, 1.165) is 25.2 Å². The Morgan fingerprint density at radius 1 is 1.19 bits per heavy atom. The van der Waals surface area contributed by atoms with E-state index in [2.05, 4.69) is 36.2 Å². The topological polar surface area (TPSA) is 67.6 Å². The summed E-state index contributed by atoms with van der Waals surface area (Å²) >= 11 is 6.04. The van der Waals surface area contributed by atoms with E-state index >= 15 is 0 Å². The standard InChI is InChI=1S/C20H26ClN3O2/c1-4-24(5-2)13-15-8-6-7-14(9-15)12-23-20(25)16-10-17(21)18(22)11-19(16)26-3/h6-11H,4-5,12-13,22H2,1-3H3,(H,23,25). The number of halogens is 1. The van der Waals surface area contributed by atoms with Crippen molar-refractivity contribution in [2.24, 2.45) is 0 Å². The number of nitrogens with one attached hydrogen (secondary N) is 1. The summed E-state index contributed by atoms with van der Waals surface area (Å²) in [6, 6.07) is 11.3. The van der Waals surface area contributed by atoms with Crippen molar-refractivity contribution in [3.05, 3.63) is 58.1 Å². The van der Waals surface area contributed by atoms with Crippen LogP contribution >= 0.6 is 11.6 Å². The van der Waals surface area contributed by atoms with E-state index in [1.54, 1.807) is 6.07 Å². The van der Waals surface area contributed by atoms with Crippen LogP contribution in [0.2, 0.25) is 5.02 Å². The molecule has 0 saturated heterocycles. The molecule has 0 saturated carbocycles. The Labute approximate surface area is 160 Å². The van der Waals surface area contributed by atoms with Gasteiger partial charge in [0.25, 0.3) is 5.91 Å². The van der Waals surface area contributed by atoms with Crippen molar-refractivity contribution in [1.29, 1.82) is 0 Å². The molecule has 0 aliphatic heterocycles. The Balaban J connectivity index is 2.07. The van der Waals surface area contributed by atoms with Crippen LogP contribution in [0.25, 0.3) is 0 Å². The molecule has 0 atom stereocenters. The van der Waals surface area contributed by atoms with Gasteiger partial charge in [0.2, 0.25) is 0 Å². The Hall–Kier alpha value is -2.24. The first-order valence-electron chi connectivity index (χ1n) is 8.69. The van der Waals surface area contributed by atoms with Gasteiger partial charge >= 0.3 is 0 Å². The molecule has 140 valence electrons. The van der Waals surface area contributed by atoms with Gasteiger partial charge in [0.05, 0.1) is 23.4 Å². The SMILES string of the molecule is CCN(CC)Cc1cccc(CNC(=O)c2cc(Cl)c(N)cc2OC)c1. The van der Waals surface area contributed by atoms with E-state index in [1.165, 1.54) is 18.7 Å².